The largest absolute Gasteiger partial charge is 0.373 e. The van der Waals surface area contributed by atoms with Crippen LogP contribution in [0, 0.1) is 0 Å². The lowest BCUT2D eigenvalue weighted by atomic mass is 9.83. The molecular weight excluding hydrogens is 320 g/mol. The predicted octanol–water partition coefficient (Wildman–Crippen LogP) is 4.62. The van der Waals surface area contributed by atoms with Crippen molar-refractivity contribution >= 4 is 17.4 Å². The Kier molecular flexibility index (Phi) is 4.11. The van der Waals surface area contributed by atoms with Crippen molar-refractivity contribution in [2.45, 2.75) is 5.60 Å². The molecule has 3 aromatic carbocycles. The van der Waals surface area contributed by atoms with Gasteiger partial charge in [0.1, 0.15) is 0 Å². The summed E-state index contributed by atoms with van der Waals surface area (Å²) in [6, 6.07) is 28.6. The zero-order valence-electron chi connectivity index (χ0n) is 14.2. The minimum atomic E-state index is -1.68. The molecule has 1 unspecified atom stereocenters. The summed E-state index contributed by atoms with van der Waals surface area (Å²) in [5.74, 6) is -0.315. The molecule has 0 saturated heterocycles. The number of benzene rings is 3. The molecule has 1 aliphatic rings. The highest BCUT2D eigenvalue weighted by atomic mass is 16.3. The van der Waals surface area contributed by atoms with Gasteiger partial charge in [-0.15, -0.1) is 0 Å². The van der Waals surface area contributed by atoms with Crippen LogP contribution in [0.3, 0.4) is 0 Å². The van der Waals surface area contributed by atoms with Crippen LogP contribution in [0.25, 0.3) is 11.6 Å². The minimum absolute atomic E-state index is 0.315. The van der Waals surface area contributed by atoms with E-state index in [2.05, 4.69) is 0 Å². The molecule has 2 nitrogen and oxygen atoms in total. The van der Waals surface area contributed by atoms with Crippen molar-refractivity contribution in [2.24, 2.45) is 0 Å². The van der Waals surface area contributed by atoms with Crippen LogP contribution < -0.4 is 0 Å². The molecule has 0 aromatic heterocycles. The highest BCUT2D eigenvalue weighted by Crippen LogP contribution is 2.45. The Balaban J connectivity index is 1.93. The monoisotopic (exact) mass is 338 g/mol. The molecule has 1 N–H and O–H groups in total. The van der Waals surface area contributed by atoms with Gasteiger partial charge in [-0.05, 0) is 34.4 Å². The van der Waals surface area contributed by atoms with Crippen LogP contribution in [-0.4, -0.2) is 10.9 Å². The van der Waals surface area contributed by atoms with Gasteiger partial charge in [-0.2, -0.15) is 0 Å². The molecule has 4 rings (SSSR count). The zero-order valence-corrected chi connectivity index (χ0v) is 14.2. The fraction of sp³-hybridized carbons (Fsp3) is 0.0417. The molecule has 0 saturated carbocycles. The Morgan fingerprint density at radius 2 is 1.27 bits per heavy atom. The molecule has 0 radical (unpaired) electrons. The second kappa shape index (κ2) is 6.58. The van der Waals surface area contributed by atoms with Crippen LogP contribution in [0.15, 0.2) is 103 Å². The predicted molar refractivity (Wildman–Crippen MR) is 104 cm³/mol. The first-order valence-electron chi connectivity index (χ1n) is 8.56. The van der Waals surface area contributed by atoms with E-state index in [9.17, 15) is 9.90 Å². The van der Waals surface area contributed by atoms with Crippen molar-refractivity contribution in [1.82, 2.24) is 0 Å². The number of hydrogen-bond donors (Lipinski definition) is 1. The molecule has 0 amide bonds. The highest BCUT2D eigenvalue weighted by Gasteiger charge is 2.46. The van der Waals surface area contributed by atoms with Crippen LogP contribution in [-0.2, 0) is 10.4 Å². The fourth-order valence-electron chi connectivity index (χ4n) is 3.37. The summed E-state index contributed by atoms with van der Waals surface area (Å²) in [5.41, 5.74) is 2.11. The molecule has 1 atom stereocenters. The van der Waals surface area contributed by atoms with E-state index in [1.54, 1.807) is 18.2 Å². The Hall–Kier alpha value is -3.23. The van der Waals surface area contributed by atoms with Gasteiger partial charge in [0.15, 0.2) is 11.4 Å². The fourth-order valence-corrected chi connectivity index (χ4v) is 3.37. The normalized spacial score (nSPS) is 21.0. The Labute approximate surface area is 152 Å². The third-order valence-corrected chi connectivity index (χ3v) is 4.70. The number of ketones is 1. The molecule has 0 bridgehead atoms. The number of aliphatic hydroxyl groups is 1. The Morgan fingerprint density at radius 1 is 0.731 bits per heavy atom. The van der Waals surface area contributed by atoms with Crippen molar-refractivity contribution in [2.75, 3.05) is 0 Å². The third kappa shape index (κ3) is 2.71. The van der Waals surface area contributed by atoms with Gasteiger partial charge in [0, 0.05) is 5.57 Å². The Bertz CT molecular complexity index is 986. The number of carbonyl (C=O) groups excluding carboxylic acids is 1. The smallest absolute Gasteiger partial charge is 0.197 e. The second-order valence-electron chi connectivity index (χ2n) is 6.33. The summed E-state index contributed by atoms with van der Waals surface area (Å²) in [4.78, 5) is 12.9. The molecule has 0 heterocycles. The maximum absolute atomic E-state index is 12.9. The first kappa shape index (κ1) is 16.2. The van der Waals surface area contributed by atoms with Crippen LogP contribution in [0.4, 0.5) is 0 Å². The molecule has 126 valence electrons. The average Bonchev–Trinajstić information content (AvgIpc) is 2.96. The first-order chi connectivity index (χ1) is 12.7. The van der Waals surface area contributed by atoms with Crippen molar-refractivity contribution in [1.29, 1.82) is 0 Å². The number of rotatable bonds is 3. The lowest BCUT2D eigenvalue weighted by Crippen LogP contribution is -2.33. The standard InChI is InChI=1S/C24H18O2/c25-23-17-21(19-12-6-2-7-13-19)22(16-18-10-4-1-5-11-18)24(23,26)20-14-8-3-9-15-20/h1-17,26H/b22-16-. The van der Waals surface area contributed by atoms with Gasteiger partial charge < -0.3 is 5.11 Å². The van der Waals surface area contributed by atoms with Crippen LogP contribution in [0.5, 0.6) is 0 Å². The van der Waals surface area contributed by atoms with Gasteiger partial charge in [-0.25, -0.2) is 0 Å². The van der Waals surface area contributed by atoms with Gasteiger partial charge in [-0.3, -0.25) is 4.79 Å². The summed E-state index contributed by atoms with van der Waals surface area (Å²) < 4.78 is 0. The molecule has 0 fully saturated rings. The number of carbonyl (C=O) groups is 1. The minimum Gasteiger partial charge on any atom is -0.373 e. The van der Waals surface area contributed by atoms with E-state index in [1.165, 1.54) is 0 Å². The quantitative estimate of drug-likeness (QED) is 0.756. The first-order valence-corrected chi connectivity index (χ1v) is 8.56. The van der Waals surface area contributed by atoms with Crippen molar-refractivity contribution in [3.05, 3.63) is 119 Å². The summed E-state index contributed by atoms with van der Waals surface area (Å²) in [7, 11) is 0. The van der Waals surface area contributed by atoms with Crippen LogP contribution in [0.2, 0.25) is 0 Å². The summed E-state index contributed by atoms with van der Waals surface area (Å²) in [5, 5.41) is 11.5. The van der Waals surface area contributed by atoms with E-state index in [1.807, 2.05) is 84.9 Å². The summed E-state index contributed by atoms with van der Waals surface area (Å²) in [6.07, 6.45) is 3.45. The number of hydrogen-bond acceptors (Lipinski definition) is 2. The highest BCUT2D eigenvalue weighted by molar-refractivity contribution is 6.17. The summed E-state index contributed by atoms with van der Waals surface area (Å²) >= 11 is 0. The van der Waals surface area contributed by atoms with Crippen molar-refractivity contribution < 1.29 is 9.90 Å². The van der Waals surface area contributed by atoms with Crippen molar-refractivity contribution in [3.8, 4) is 0 Å². The molecule has 0 aliphatic heterocycles. The lowest BCUT2D eigenvalue weighted by molar-refractivity contribution is -0.128. The Morgan fingerprint density at radius 3 is 1.88 bits per heavy atom. The van der Waals surface area contributed by atoms with Gasteiger partial charge in [0.25, 0.3) is 0 Å². The van der Waals surface area contributed by atoms with Gasteiger partial charge in [0.05, 0.1) is 0 Å². The van der Waals surface area contributed by atoms with E-state index < -0.39 is 5.60 Å². The van der Waals surface area contributed by atoms with E-state index >= 15 is 0 Å². The van der Waals surface area contributed by atoms with Gasteiger partial charge in [0.2, 0.25) is 0 Å². The average molecular weight is 338 g/mol. The van der Waals surface area contributed by atoms with E-state index in [0.29, 0.717) is 11.1 Å². The molecule has 2 heteroatoms. The molecule has 1 aliphatic carbocycles. The second-order valence-corrected chi connectivity index (χ2v) is 6.33. The van der Waals surface area contributed by atoms with Crippen molar-refractivity contribution in [3.63, 3.8) is 0 Å². The van der Waals surface area contributed by atoms with Crippen LogP contribution >= 0.6 is 0 Å². The summed E-state index contributed by atoms with van der Waals surface area (Å²) in [6.45, 7) is 0. The third-order valence-electron chi connectivity index (χ3n) is 4.70. The molecule has 0 spiro atoms. The van der Waals surface area contributed by atoms with E-state index in [4.69, 9.17) is 0 Å². The van der Waals surface area contributed by atoms with Gasteiger partial charge in [-0.1, -0.05) is 91.0 Å². The zero-order chi connectivity index (χ0) is 18.0. The van der Waals surface area contributed by atoms with Gasteiger partial charge >= 0.3 is 0 Å². The maximum atomic E-state index is 12.9. The maximum Gasteiger partial charge on any atom is 0.197 e. The SMILES string of the molecule is O=C1C=C(c2ccccc2)/C(=C/c2ccccc2)C1(O)c1ccccc1. The lowest BCUT2D eigenvalue weighted by Gasteiger charge is -2.25. The molecule has 3 aromatic rings. The van der Waals surface area contributed by atoms with E-state index in [-0.39, 0.29) is 5.78 Å². The molecular formula is C24H18O2. The molecule has 26 heavy (non-hydrogen) atoms. The van der Waals surface area contributed by atoms with E-state index in [0.717, 1.165) is 16.7 Å². The van der Waals surface area contributed by atoms with Crippen LogP contribution in [0.1, 0.15) is 16.7 Å². The topological polar surface area (TPSA) is 37.3 Å².